The summed E-state index contributed by atoms with van der Waals surface area (Å²) in [7, 11) is 0. The fourth-order valence-electron chi connectivity index (χ4n) is 3.08. The average Bonchev–Trinajstić information content (AvgIpc) is 3.23. The minimum Gasteiger partial charge on any atom is -0.292 e. The van der Waals surface area contributed by atoms with Crippen molar-refractivity contribution in [1.82, 2.24) is 24.9 Å². The Morgan fingerprint density at radius 3 is 2.62 bits per heavy atom. The van der Waals surface area contributed by atoms with Crippen molar-refractivity contribution in [3.63, 3.8) is 0 Å². The number of Topliss-reactive ketones (excluding diaryl/α,β-unsaturated/α-hetero) is 1. The molecule has 4 aromatic heterocycles. The van der Waals surface area contributed by atoms with Crippen molar-refractivity contribution in [1.29, 1.82) is 0 Å². The highest BCUT2D eigenvalue weighted by Crippen LogP contribution is 2.25. The molecule has 4 aromatic rings. The van der Waals surface area contributed by atoms with Crippen LogP contribution in [0.2, 0.25) is 0 Å². The molecule has 0 aromatic carbocycles. The van der Waals surface area contributed by atoms with Crippen molar-refractivity contribution in [3.05, 3.63) is 77.2 Å². The molecule has 0 aliphatic carbocycles. The lowest BCUT2D eigenvalue weighted by Crippen LogP contribution is -2.01. The molecule has 0 saturated heterocycles. The topological polar surface area (TPSA) is 81.5 Å². The summed E-state index contributed by atoms with van der Waals surface area (Å²) in [5, 5.41) is 0.499. The third-order valence-corrected chi connectivity index (χ3v) is 5.57. The van der Waals surface area contributed by atoms with Gasteiger partial charge in [0, 0.05) is 48.7 Å². The standard InChI is InChI=1S/C22H19N5OS/c1-14-9-16(11-26-21(14)17-5-6-24-15(2)10-17)3-4-19(28)22-27-13-20(29-22)18-12-23-7-8-25-18/h5-13H,3-4H2,1-2H3. The van der Waals surface area contributed by atoms with Crippen LogP contribution in [0.3, 0.4) is 0 Å². The average molecular weight is 401 g/mol. The fraction of sp³-hybridized carbons (Fsp3) is 0.182. The molecule has 6 nitrogen and oxygen atoms in total. The molecule has 0 saturated carbocycles. The van der Waals surface area contributed by atoms with E-state index >= 15 is 0 Å². The maximum atomic E-state index is 12.6. The monoisotopic (exact) mass is 401 g/mol. The summed E-state index contributed by atoms with van der Waals surface area (Å²) in [5.74, 6) is 0.0247. The van der Waals surface area contributed by atoms with E-state index in [-0.39, 0.29) is 5.78 Å². The smallest absolute Gasteiger partial charge is 0.191 e. The van der Waals surface area contributed by atoms with Crippen LogP contribution < -0.4 is 0 Å². The van der Waals surface area contributed by atoms with Gasteiger partial charge in [-0.3, -0.25) is 24.7 Å². The Morgan fingerprint density at radius 1 is 0.966 bits per heavy atom. The van der Waals surface area contributed by atoms with E-state index in [9.17, 15) is 4.79 Å². The first-order valence-electron chi connectivity index (χ1n) is 9.24. The summed E-state index contributed by atoms with van der Waals surface area (Å²) in [4.78, 5) is 34.8. The van der Waals surface area contributed by atoms with Gasteiger partial charge in [0.1, 0.15) is 5.69 Å². The maximum Gasteiger partial charge on any atom is 0.191 e. The summed E-state index contributed by atoms with van der Waals surface area (Å²) >= 11 is 1.35. The molecule has 0 spiro atoms. The van der Waals surface area contributed by atoms with Gasteiger partial charge in [-0.05, 0) is 43.5 Å². The molecule has 0 aliphatic heterocycles. The number of thiazole rings is 1. The highest BCUT2D eigenvalue weighted by atomic mass is 32.1. The van der Waals surface area contributed by atoms with Crippen molar-refractivity contribution < 1.29 is 4.79 Å². The molecule has 29 heavy (non-hydrogen) atoms. The van der Waals surface area contributed by atoms with Gasteiger partial charge in [0.25, 0.3) is 0 Å². The summed E-state index contributed by atoms with van der Waals surface area (Å²) in [6.07, 6.45) is 11.3. The molecule has 0 radical (unpaired) electrons. The zero-order valence-electron chi connectivity index (χ0n) is 16.2. The number of hydrogen-bond acceptors (Lipinski definition) is 7. The number of pyridine rings is 2. The van der Waals surface area contributed by atoms with Crippen molar-refractivity contribution in [2.75, 3.05) is 0 Å². The molecular weight excluding hydrogens is 382 g/mol. The second kappa shape index (κ2) is 8.36. The van der Waals surface area contributed by atoms with E-state index in [0.717, 1.165) is 38.6 Å². The van der Waals surface area contributed by atoms with E-state index in [1.807, 2.05) is 32.2 Å². The van der Waals surface area contributed by atoms with Crippen molar-refractivity contribution in [3.8, 4) is 21.8 Å². The van der Waals surface area contributed by atoms with E-state index in [1.54, 1.807) is 31.0 Å². The molecule has 7 heteroatoms. The van der Waals surface area contributed by atoms with E-state index in [4.69, 9.17) is 0 Å². The van der Waals surface area contributed by atoms with Gasteiger partial charge in [-0.1, -0.05) is 6.07 Å². The lowest BCUT2D eigenvalue weighted by Gasteiger charge is -2.08. The predicted molar refractivity (Wildman–Crippen MR) is 113 cm³/mol. The lowest BCUT2D eigenvalue weighted by atomic mass is 10.0. The molecule has 0 amide bonds. The minimum absolute atomic E-state index is 0.0247. The molecular formula is C22H19N5OS. The van der Waals surface area contributed by atoms with Gasteiger partial charge in [0.05, 0.1) is 16.8 Å². The van der Waals surface area contributed by atoms with E-state index < -0.39 is 0 Å². The molecule has 0 fully saturated rings. The van der Waals surface area contributed by atoms with Gasteiger partial charge in [-0.25, -0.2) is 4.98 Å². The number of carbonyl (C=O) groups is 1. The molecule has 4 heterocycles. The SMILES string of the molecule is Cc1cc(-c2ncc(CCC(=O)c3ncc(-c4cnccn4)s3)cc2C)ccn1. The Hall–Kier alpha value is -3.32. The third-order valence-electron chi connectivity index (χ3n) is 4.51. The number of hydrogen-bond donors (Lipinski definition) is 0. The number of rotatable bonds is 6. The van der Waals surface area contributed by atoms with Crippen LogP contribution in [0.15, 0.2) is 55.4 Å². The number of aryl methyl sites for hydroxylation is 3. The molecule has 0 N–H and O–H groups in total. The second-order valence-corrected chi connectivity index (χ2v) is 7.77. The van der Waals surface area contributed by atoms with Gasteiger partial charge >= 0.3 is 0 Å². The molecule has 4 rings (SSSR count). The highest BCUT2D eigenvalue weighted by Gasteiger charge is 2.14. The van der Waals surface area contributed by atoms with Gasteiger partial charge in [0.2, 0.25) is 0 Å². The molecule has 0 atom stereocenters. The first-order valence-corrected chi connectivity index (χ1v) is 10.1. The number of ketones is 1. The van der Waals surface area contributed by atoms with E-state index in [0.29, 0.717) is 17.8 Å². The maximum absolute atomic E-state index is 12.6. The summed E-state index contributed by atoms with van der Waals surface area (Å²) < 4.78 is 0. The quantitative estimate of drug-likeness (QED) is 0.443. The van der Waals surface area contributed by atoms with Crippen LogP contribution in [0.1, 0.15) is 33.0 Å². The predicted octanol–water partition coefficient (Wildman–Crippen LogP) is 4.49. The lowest BCUT2D eigenvalue weighted by molar-refractivity contribution is 0.0982. The third kappa shape index (κ3) is 4.41. The van der Waals surface area contributed by atoms with Gasteiger partial charge in [-0.2, -0.15) is 0 Å². The molecule has 144 valence electrons. The first kappa shape index (κ1) is 19.0. The van der Waals surface area contributed by atoms with Crippen LogP contribution in [0.5, 0.6) is 0 Å². The van der Waals surface area contributed by atoms with E-state index in [1.165, 1.54) is 11.3 Å². The van der Waals surface area contributed by atoms with Crippen LogP contribution >= 0.6 is 11.3 Å². The fourth-order valence-corrected chi connectivity index (χ4v) is 3.92. The van der Waals surface area contributed by atoms with Crippen molar-refractivity contribution in [2.45, 2.75) is 26.7 Å². The van der Waals surface area contributed by atoms with Crippen LogP contribution in [0, 0.1) is 13.8 Å². The summed E-state index contributed by atoms with van der Waals surface area (Å²) in [6, 6.07) is 6.08. The number of nitrogens with zero attached hydrogens (tertiary/aromatic N) is 5. The van der Waals surface area contributed by atoms with Gasteiger partial charge in [-0.15, -0.1) is 11.3 Å². The van der Waals surface area contributed by atoms with Crippen molar-refractivity contribution in [2.24, 2.45) is 0 Å². The first-order chi connectivity index (χ1) is 14.1. The molecule has 0 bridgehead atoms. The highest BCUT2D eigenvalue weighted by molar-refractivity contribution is 7.16. The number of aromatic nitrogens is 5. The second-order valence-electron chi connectivity index (χ2n) is 6.74. The Bertz CT molecular complexity index is 1160. The van der Waals surface area contributed by atoms with E-state index in [2.05, 4.69) is 31.0 Å². The van der Waals surface area contributed by atoms with Gasteiger partial charge < -0.3 is 0 Å². The Kier molecular flexibility index (Phi) is 5.48. The Balaban J connectivity index is 1.43. The molecule has 0 unspecified atom stereocenters. The Labute approximate surface area is 172 Å². The largest absolute Gasteiger partial charge is 0.292 e. The summed E-state index contributed by atoms with van der Waals surface area (Å²) in [5.41, 5.74) is 5.81. The van der Waals surface area contributed by atoms with Gasteiger partial charge in [0.15, 0.2) is 10.8 Å². The van der Waals surface area contributed by atoms with Crippen LogP contribution in [-0.2, 0) is 6.42 Å². The zero-order chi connectivity index (χ0) is 20.2. The zero-order valence-corrected chi connectivity index (χ0v) is 17.0. The summed E-state index contributed by atoms with van der Waals surface area (Å²) in [6.45, 7) is 4.00. The molecule has 0 aliphatic rings. The van der Waals surface area contributed by atoms with Crippen LogP contribution in [-0.4, -0.2) is 30.7 Å². The minimum atomic E-state index is 0.0247. The van der Waals surface area contributed by atoms with Crippen LogP contribution in [0.25, 0.3) is 21.8 Å². The van der Waals surface area contributed by atoms with Crippen molar-refractivity contribution >= 4 is 17.1 Å². The Morgan fingerprint density at radius 2 is 1.86 bits per heavy atom. The van der Waals surface area contributed by atoms with Crippen LogP contribution in [0.4, 0.5) is 0 Å². The number of carbonyl (C=O) groups excluding carboxylic acids is 1. The normalized spacial score (nSPS) is 10.8.